The van der Waals surface area contributed by atoms with Crippen LogP contribution in [-0.4, -0.2) is 18.3 Å². The van der Waals surface area contributed by atoms with Crippen LogP contribution in [0.25, 0.3) is 219 Å². The van der Waals surface area contributed by atoms with E-state index in [-0.39, 0.29) is 0 Å². The van der Waals surface area contributed by atoms with Gasteiger partial charge in [-0.05, 0) is 253 Å². The maximum absolute atomic E-state index is 6.50. The minimum absolute atomic E-state index is 0.462. The molecule has 6 aromatic heterocycles. The molecule has 19 aromatic carbocycles. The molecule has 6 heteroatoms. The molecule has 0 saturated carbocycles. The number of para-hydroxylation sites is 7. The highest BCUT2D eigenvalue weighted by Gasteiger charge is 2.27. The van der Waals surface area contributed by atoms with Crippen LogP contribution < -0.4 is 0 Å². The molecule has 670 valence electrons. The molecule has 0 saturated heterocycles. The van der Waals surface area contributed by atoms with E-state index < -0.39 is 0 Å². The summed E-state index contributed by atoms with van der Waals surface area (Å²) >= 11 is 1.88. The summed E-state index contributed by atoms with van der Waals surface area (Å²) in [4.78, 5) is 0. The Kier molecular flexibility index (Phi) is 22.3. The van der Waals surface area contributed by atoms with Gasteiger partial charge in [0.05, 0.1) is 61.2 Å². The molecule has 0 unspecified atom stereocenters. The Morgan fingerprint density at radius 3 is 0.906 bits per heavy atom. The summed E-state index contributed by atoms with van der Waals surface area (Å²) in [5.41, 5.74) is 39.2. The zero-order valence-corrected chi connectivity index (χ0v) is 81.1. The lowest BCUT2D eigenvalue weighted by Crippen LogP contribution is -1.98. The smallest absolute Gasteiger partial charge is 0.143 e. The topological polar surface area (TPSA) is 32.9 Å². The summed E-state index contributed by atoms with van der Waals surface area (Å²) in [7, 11) is 0. The van der Waals surface area contributed by atoms with E-state index in [0.29, 0.717) is 35.5 Å². The Bertz CT molecular complexity index is 8860. The van der Waals surface area contributed by atoms with Gasteiger partial charge in [0, 0.05) is 102 Å². The second kappa shape index (κ2) is 35.6. The van der Waals surface area contributed by atoms with Crippen molar-refractivity contribution in [3.05, 3.63) is 446 Å². The first-order chi connectivity index (χ1) is 67.4. The van der Waals surface area contributed by atoms with Gasteiger partial charge in [-0.1, -0.05) is 356 Å². The Morgan fingerprint density at radius 2 is 0.471 bits per heavy atom. The maximum Gasteiger partial charge on any atom is 0.143 e. The Morgan fingerprint density at radius 1 is 0.181 bits per heavy atom. The number of benzene rings is 19. The van der Waals surface area contributed by atoms with Gasteiger partial charge >= 0.3 is 0 Å². The van der Waals surface area contributed by atoms with E-state index in [1.54, 1.807) is 0 Å². The normalized spacial score (nSPS) is 12.0. The zero-order valence-electron chi connectivity index (χ0n) is 80.3. The predicted octanol–water partition coefficient (Wildman–Crippen LogP) is 38.5. The first-order valence-corrected chi connectivity index (χ1v) is 50.0. The standard InChI is InChI=1S/C48H40N2.C42H35NO.C42H35NS/c1-31(2)33-22-25-47-42(28-33)43-29-34(32(3)4)23-26-48(43)50(47)45-21-13-10-18-39(45)38-17-9-8-16-37(38)35-24-27-46-41(30-35)40-19-11-12-20-44(40)49(46)36-14-6-5-7-15-36;1-26(2)28-20-22-39-36(24-28)37-25-29(27(3)4)21-23-40(37)43(39)38-18-9-7-14-32(38)30-12-5-6-13-31(30)34-16-11-17-35-33-15-8-10-19-41(33)44-42(34)35;1-26(2)28-18-21-39-36(23-28)37-24-29(27(3)4)19-22-40(37)43(39)38-15-9-7-13-33(38)32-12-6-5-11-31(32)30-17-20-35-34-14-8-10-16-41(34)44-42(35)25-30/h5-32H,1-4H3;2*5-27H,1-4H3. The van der Waals surface area contributed by atoms with Gasteiger partial charge in [0.1, 0.15) is 11.2 Å². The summed E-state index contributed by atoms with van der Waals surface area (Å²) in [5.74, 6) is 2.80. The van der Waals surface area contributed by atoms with Crippen LogP contribution in [0.3, 0.4) is 0 Å². The highest BCUT2D eigenvalue weighted by atomic mass is 32.1. The first kappa shape index (κ1) is 86.5. The van der Waals surface area contributed by atoms with Crippen molar-refractivity contribution in [2.24, 2.45) is 0 Å². The average Bonchev–Trinajstić information content (AvgIpc) is 1.58. The van der Waals surface area contributed by atoms with E-state index in [0.717, 1.165) is 33.1 Å². The van der Waals surface area contributed by atoms with Crippen molar-refractivity contribution in [2.75, 3.05) is 0 Å². The molecular formula is C132H110N4OS. The Hall–Kier alpha value is -15.6. The van der Waals surface area contributed by atoms with Crippen molar-refractivity contribution in [3.8, 4) is 89.5 Å². The van der Waals surface area contributed by atoms with Gasteiger partial charge in [-0.3, -0.25) is 0 Å². The number of fused-ring (bicyclic) bond motifs is 18. The van der Waals surface area contributed by atoms with Gasteiger partial charge in [0.2, 0.25) is 0 Å². The number of nitrogens with zero attached hydrogens (tertiary/aromatic N) is 4. The molecule has 0 aliphatic heterocycles. The molecule has 6 heterocycles. The number of hydrogen-bond acceptors (Lipinski definition) is 2. The van der Waals surface area contributed by atoms with Crippen LogP contribution in [0.2, 0.25) is 0 Å². The van der Waals surface area contributed by atoms with Crippen LogP contribution in [0.1, 0.15) is 152 Å². The summed E-state index contributed by atoms with van der Waals surface area (Å²) < 4.78 is 19.0. The van der Waals surface area contributed by atoms with E-state index >= 15 is 0 Å². The zero-order chi connectivity index (χ0) is 93.8. The molecule has 0 spiro atoms. The summed E-state index contributed by atoms with van der Waals surface area (Å²) in [6, 6.07) is 152. The third kappa shape index (κ3) is 15.1. The highest BCUT2D eigenvalue weighted by molar-refractivity contribution is 7.25. The molecule has 0 N–H and O–H groups in total. The third-order valence-corrected chi connectivity index (χ3v) is 30.0. The number of aromatic nitrogens is 4. The molecule has 0 aliphatic rings. The van der Waals surface area contributed by atoms with Crippen molar-refractivity contribution in [3.63, 3.8) is 0 Å². The second-order valence-electron chi connectivity index (χ2n) is 39.3. The molecule has 0 fully saturated rings. The SMILES string of the molecule is CC(C)c1ccc2c(c1)c1cc(C(C)C)ccc1n2-c1ccccc1-c1ccccc1-c1ccc2c(c1)c1ccccc1n2-c1ccccc1.CC(C)c1ccc2c(c1)c1cc(C(C)C)ccc1n2-c1ccccc1-c1ccccc1-c1ccc2c(c1)sc1ccccc12.CC(C)c1ccc2c(c1)c1cc(C(C)C)ccc1n2-c1ccccc1-c1ccccc1-c1cccc2c1oc1ccccc12. The molecule has 0 atom stereocenters. The van der Waals surface area contributed by atoms with Crippen LogP contribution in [0.15, 0.2) is 417 Å². The fourth-order valence-corrected chi connectivity index (χ4v) is 22.7. The molecule has 138 heavy (non-hydrogen) atoms. The predicted molar refractivity (Wildman–Crippen MR) is 594 cm³/mol. The van der Waals surface area contributed by atoms with E-state index in [9.17, 15) is 0 Å². The molecule has 5 nitrogen and oxygen atoms in total. The van der Waals surface area contributed by atoms with Crippen molar-refractivity contribution < 1.29 is 4.42 Å². The van der Waals surface area contributed by atoms with Gasteiger partial charge in [-0.25, -0.2) is 0 Å². The summed E-state index contributed by atoms with van der Waals surface area (Å²) in [6.45, 7) is 27.3. The van der Waals surface area contributed by atoms with Crippen molar-refractivity contribution in [1.82, 2.24) is 18.3 Å². The summed E-state index contributed by atoms with van der Waals surface area (Å²) in [6.07, 6.45) is 0. The van der Waals surface area contributed by atoms with Gasteiger partial charge < -0.3 is 22.7 Å². The Balaban J connectivity index is 0.000000116. The second-order valence-corrected chi connectivity index (χ2v) is 40.4. The molecule has 0 bridgehead atoms. The quantitative estimate of drug-likeness (QED) is 0.0949. The van der Waals surface area contributed by atoms with Gasteiger partial charge in [0.25, 0.3) is 0 Å². The van der Waals surface area contributed by atoms with Gasteiger partial charge in [-0.15, -0.1) is 11.3 Å². The maximum atomic E-state index is 6.50. The molecular weight excluding hydrogens is 1690 g/mol. The van der Waals surface area contributed by atoms with E-state index in [1.165, 1.54) is 219 Å². The molecule has 25 aromatic rings. The largest absolute Gasteiger partial charge is 0.455 e. The fraction of sp³-hybridized carbons (Fsp3) is 0.136. The first-order valence-electron chi connectivity index (χ1n) is 49.2. The monoisotopic (exact) mass is 1800 g/mol. The molecule has 0 radical (unpaired) electrons. The number of rotatable bonds is 16. The molecule has 0 amide bonds. The lowest BCUT2D eigenvalue weighted by atomic mass is 9.92. The fourth-order valence-electron chi connectivity index (χ4n) is 21.5. The highest BCUT2D eigenvalue weighted by Crippen LogP contribution is 2.50. The van der Waals surface area contributed by atoms with Crippen LogP contribution >= 0.6 is 11.3 Å². The van der Waals surface area contributed by atoms with Crippen LogP contribution in [-0.2, 0) is 0 Å². The van der Waals surface area contributed by atoms with Crippen LogP contribution in [0, 0.1) is 0 Å². The van der Waals surface area contributed by atoms with Crippen molar-refractivity contribution in [2.45, 2.75) is 119 Å². The van der Waals surface area contributed by atoms with Crippen LogP contribution in [0.4, 0.5) is 0 Å². The molecule has 25 rings (SSSR count). The van der Waals surface area contributed by atoms with Crippen LogP contribution in [0.5, 0.6) is 0 Å². The van der Waals surface area contributed by atoms with Crippen molar-refractivity contribution in [1.29, 1.82) is 0 Å². The van der Waals surface area contributed by atoms with E-state index in [2.05, 4.69) is 508 Å². The minimum atomic E-state index is 0.462. The lowest BCUT2D eigenvalue weighted by molar-refractivity contribution is 0.670. The van der Waals surface area contributed by atoms with Gasteiger partial charge in [0.15, 0.2) is 0 Å². The summed E-state index contributed by atoms with van der Waals surface area (Å²) in [5, 5.41) is 15.4. The third-order valence-electron chi connectivity index (χ3n) is 28.9. The Labute approximate surface area is 811 Å². The average molecular weight is 1800 g/mol. The molecule has 0 aliphatic carbocycles. The minimum Gasteiger partial charge on any atom is -0.455 e. The number of hydrogen-bond donors (Lipinski definition) is 0. The lowest BCUT2D eigenvalue weighted by Gasteiger charge is -2.17. The number of thiophene rings is 1. The van der Waals surface area contributed by atoms with Crippen molar-refractivity contribution >= 4 is 141 Å². The van der Waals surface area contributed by atoms with E-state index in [4.69, 9.17) is 4.42 Å². The number of furan rings is 1. The van der Waals surface area contributed by atoms with E-state index in [1.807, 2.05) is 17.4 Å². The van der Waals surface area contributed by atoms with Gasteiger partial charge in [-0.2, -0.15) is 0 Å².